The maximum atomic E-state index is 11.0. The van der Waals surface area contributed by atoms with Gasteiger partial charge >= 0.3 is 5.97 Å². The van der Waals surface area contributed by atoms with Crippen LogP contribution in [-0.4, -0.2) is 16.1 Å². The predicted molar refractivity (Wildman–Crippen MR) is 55.0 cm³/mol. The van der Waals surface area contributed by atoms with Crippen LogP contribution in [0, 0.1) is 0 Å². The van der Waals surface area contributed by atoms with Gasteiger partial charge in [0, 0.05) is 22.5 Å². The van der Waals surface area contributed by atoms with Gasteiger partial charge in [-0.15, -0.1) is 0 Å². The molecule has 0 fully saturated rings. The van der Waals surface area contributed by atoms with E-state index in [2.05, 4.69) is 4.98 Å². The summed E-state index contributed by atoms with van der Waals surface area (Å²) in [4.78, 5) is 14.0. The molecule has 0 aliphatic carbocycles. The molecule has 0 atom stereocenters. The van der Waals surface area contributed by atoms with E-state index in [1.165, 1.54) is 6.26 Å². The average Bonchev–Trinajstić information content (AvgIpc) is 2.82. The Balaban J connectivity index is 2.57. The number of carboxylic acid groups (broad SMARTS) is 1. The Morgan fingerprint density at radius 1 is 1.33 bits per heavy atom. The first kappa shape index (κ1) is 8.11. The van der Waals surface area contributed by atoms with Crippen LogP contribution in [-0.2, 0) is 0 Å². The summed E-state index contributed by atoms with van der Waals surface area (Å²) < 4.78 is 5.19. The molecule has 0 saturated carbocycles. The van der Waals surface area contributed by atoms with Crippen molar-refractivity contribution >= 4 is 27.8 Å². The molecule has 4 nitrogen and oxygen atoms in total. The third kappa shape index (κ3) is 0.985. The van der Waals surface area contributed by atoms with Gasteiger partial charge in [-0.05, 0) is 18.2 Å². The molecule has 0 spiro atoms. The number of benzene rings is 1. The van der Waals surface area contributed by atoms with Gasteiger partial charge in [0.2, 0.25) is 0 Å². The number of carbonyl (C=O) groups is 1. The minimum absolute atomic E-state index is 0.204. The number of H-pyrrole nitrogens is 1. The molecule has 3 aromatic rings. The molecule has 2 N–H and O–H groups in total. The normalized spacial score (nSPS) is 11.2. The number of nitrogens with one attached hydrogen (secondary N) is 1. The molecule has 74 valence electrons. The van der Waals surface area contributed by atoms with E-state index in [0.29, 0.717) is 11.0 Å². The number of fused-ring (bicyclic) bond motifs is 3. The number of hydrogen-bond donors (Lipinski definition) is 2. The SMILES string of the molecule is O=C(O)c1coc2ccc3[nH]ccc3c12. The molecule has 0 aliphatic heterocycles. The molecule has 0 unspecified atom stereocenters. The Labute approximate surface area is 84.1 Å². The Morgan fingerprint density at radius 3 is 3.00 bits per heavy atom. The first-order valence-electron chi connectivity index (χ1n) is 4.48. The van der Waals surface area contributed by atoms with Gasteiger partial charge in [0.25, 0.3) is 0 Å². The molecule has 4 heteroatoms. The highest BCUT2D eigenvalue weighted by molar-refractivity contribution is 6.14. The molecule has 3 rings (SSSR count). The molecular weight excluding hydrogens is 194 g/mol. The smallest absolute Gasteiger partial charge is 0.339 e. The van der Waals surface area contributed by atoms with Crippen molar-refractivity contribution in [1.29, 1.82) is 0 Å². The second-order valence-corrected chi connectivity index (χ2v) is 3.33. The highest BCUT2D eigenvalue weighted by atomic mass is 16.4. The molecule has 0 saturated heterocycles. The number of aromatic carboxylic acids is 1. The number of carboxylic acids is 1. The molecule has 2 heterocycles. The molecule has 2 aromatic heterocycles. The number of rotatable bonds is 1. The van der Waals surface area contributed by atoms with E-state index in [0.717, 1.165) is 10.9 Å². The number of hydrogen-bond acceptors (Lipinski definition) is 2. The minimum atomic E-state index is -0.970. The van der Waals surface area contributed by atoms with Crippen LogP contribution < -0.4 is 0 Å². The van der Waals surface area contributed by atoms with Crippen LogP contribution in [0.5, 0.6) is 0 Å². The van der Waals surface area contributed by atoms with Crippen molar-refractivity contribution in [2.24, 2.45) is 0 Å². The number of furan rings is 1. The zero-order valence-corrected chi connectivity index (χ0v) is 7.65. The molecule has 1 aromatic carbocycles. The van der Waals surface area contributed by atoms with Gasteiger partial charge in [-0.25, -0.2) is 4.79 Å². The van der Waals surface area contributed by atoms with Crippen LogP contribution in [0.25, 0.3) is 21.9 Å². The fourth-order valence-electron chi connectivity index (χ4n) is 1.83. The lowest BCUT2D eigenvalue weighted by Gasteiger charge is -1.93. The average molecular weight is 201 g/mol. The lowest BCUT2D eigenvalue weighted by molar-refractivity contribution is 0.0698. The Morgan fingerprint density at radius 2 is 2.20 bits per heavy atom. The Hall–Kier alpha value is -2.23. The van der Waals surface area contributed by atoms with Gasteiger partial charge in [0.15, 0.2) is 0 Å². The summed E-state index contributed by atoms with van der Waals surface area (Å²) >= 11 is 0. The molecule has 0 aliphatic rings. The van der Waals surface area contributed by atoms with Crippen molar-refractivity contribution in [1.82, 2.24) is 4.98 Å². The highest BCUT2D eigenvalue weighted by Crippen LogP contribution is 2.29. The van der Waals surface area contributed by atoms with E-state index in [1.807, 2.05) is 12.1 Å². The summed E-state index contributed by atoms with van der Waals surface area (Å²) in [5, 5.41) is 10.5. The second kappa shape index (κ2) is 2.63. The largest absolute Gasteiger partial charge is 0.478 e. The van der Waals surface area contributed by atoms with Gasteiger partial charge in [0.05, 0.1) is 0 Å². The van der Waals surface area contributed by atoms with Gasteiger partial charge in [-0.2, -0.15) is 0 Å². The quantitative estimate of drug-likeness (QED) is 0.635. The van der Waals surface area contributed by atoms with Crippen LogP contribution in [0.3, 0.4) is 0 Å². The Bertz CT molecular complexity index is 663. The summed E-state index contributed by atoms with van der Waals surface area (Å²) in [6, 6.07) is 5.48. The number of aromatic amines is 1. The monoisotopic (exact) mass is 201 g/mol. The van der Waals surface area contributed by atoms with Crippen LogP contribution in [0.4, 0.5) is 0 Å². The Kier molecular flexibility index (Phi) is 1.42. The summed E-state index contributed by atoms with van der Waals surface area (Å²) in [7, 11) is 0. The van der Waals surface area contributed by atoms with E-state index in [9.17, 15) is 4.79 Å². The molecule has 0 bridgehead atoms. The summed E-state index contributed by atoms with van der Waals surface area (Å²) in [6.45, 7) is 0. The molecular formula is C11H7NO3. The van der Waals surface area contributed by atoms with Crippen molar-refractivity contribution in [3.63, 3.8) is 0 Å². The van der Waals surface area contributed by atoms with Crippen molar-refractivity contribution in [2.75, 3.05) is 0 Å². The zero-order chi connectivity index (χ0) is 10.4. The van der Waals surface area contributed by atoms with Crippen molar-refractivity contribution in [3.05, 3.63) is 36.2 Å². The first-order chi connectivity index (χ1) is 7.27. The topological polar surface area (TPSA) is 66.2 Å². The standard InChI is InChI=1S/C11H7NO3/c13-11(14)7-5-15-9-2-1-8-6(10(7)9)3-4-12-8/h1-5,12H,(H,13,14). The maximum absolute atomic E-state index is 11.0. The van der Waals surface area contributed by atoms with Crippen LogP contribution in [0.1, 0.15) is 10.4 Å². The molecule has 15 heavy (non-hydrogen) atoms. The summed E-state index contributed by atoms with van der Waals surface area (Å²) in [5.41, 5.74) is 1.71. The second-order valence-electron chi connectivity index (χ2n) is 3.33. The maximum Gasteiger partial charge on any atom is 0.339 e. The molecule has 0 amide bonds. The van der Waals surface area contributed by atoms with E-state index in [4.69, 9.17) is 9.52 Å². The van der Waals surface area contributed by atoms with E-state index in [1.54, 1.807) is 12.3 Å². The van der Waals surface area contributed by atoms with Crippen LogP contribution in [0.2, 0.25) is 0 Å². The third-order valence-corrected chi connectivity index (χ3v) is 2.50. The highest BCUT2D eigenvalue weighted by Gasteiger charge is 2.15. The fourth-order valence-corrected chi connectivity index (χ4v) is 1.83. The van der Waals surface area contributed by atoms with E-state index in [-0.39, 0.29) is 5.56 Å². The molecule has 0 radical (unpaired) electrons. The number of aromatic nitrogens is 1. The zero-order valence-electron chi connectivity index (χ0n) is 7.65. The van der Waals surface area contributed by atoms with E-state index >= 15 is 0 Å². The van der Waals surface area contributed by atoms with Gasteiger partial charge in [-0.1, -0.05) is 0 Å². The van der Waals surface area contributed by atoms with Crippen molar-refractivity contribution in [2.45, 2.75) is 0 Å². The van der Waals surface area contributed by atoms with Crippen molar-refractivity contribution in [3.8, 4) is 0 Å². The lowest BCUT2D eigenvalue weighted by Crippen LogP contribution is -1.93. The van der Waals surface area contributed by atoms with Crippen LogP contribution in [0.15, 0.2) is 35.1 Å². The summed E-state index contributed by atoms with van der Waals surface area (Å²) in [6.07, 6.45) is 3.06. The van der Waals surface area contributed by atoms with Gasteiger partial charge in [-0.3, -0.25) is 0 Å². The lowest BCUT2D eigenvalue weighted by atomic mass is 10.1. The summed E-state index contributed by atoms with van der Waals surface area (Å²) in [5.74, 6) is -0.970. The minimum Gasteiger partial charge on any atom is -0.478 e. The predicted octanol–water partition coefficient (Wildman–Crippen LogP) is 2.61. The van der Waals surface area contributed by atoms with Gasteiger partial charge < -0.3 is 14.5 Å². The van der Waals surface area contributed by atoms with Gasteiger partial charge in [0.1, 0.15) is 17.4 Å². The fraction of sp³-hybridized carbons (Fsp3) is 0. The third-order valence-electron chi connectivity index (χ3n) is 2.50. The first-order valence-corrected chi connectivity index (χ1v) is 4.48. The van der Waals surface area contributed by atoms with Crippen LogP contribution >= 0.6 is 0 Å². The van der Waals surface area contributed by atoms with Crippen molar-refractivity contribution < 1.29 is 14.3 Å². The van der Waals surface area contributed by atoms with E-state index < -0.39 is 5.97 Å².